The van der Waals surface area contributed by atoms with Gasteiger partial charge in [-0.1, -0.05) is 18.2 Å². The maximum Gasteiger partial charge on any atom is 0.122 e. The normalized spacial score (nSPS) is 12.3. The number of rotatable bonds is 7. The number of aromatic nitrogens is 2. The van der Waals surface area contributed by atoms with E-state index in [1.165, 1.54) is 11.1 Å². The smallest absolute Gasteiger partial charge is 0.122 e. The van der Waals surface area contributed by atoms with Crippen LogP contribution in [0.3, 0.4) is 0 Å². The predicted molar refractivity (Wildman–Crippen MR) is 80.8 cm³/mol. The highest BCUT2D eigenvalue weighted by Crippen LogP contribution is 2.22. The molecule has 1 unspecified atom stereocenters. The van der Waals surface area contributed by atoms with Gasteiger partial charge in [0.05, 0.1) is 13.3 Å². The fraction of sp³-hybridized carbons (Fsp3) is 0.438. The first-order chi connectivity index (χ1) is 9.72. The van der Waals surface area contributed by atoms with E-state index in [1.54, 1.807) is 7.11 Å². The topological polar surface area (TPSA) is 53.1 Å². The van der Waals surface area contributed by atoms with Crippen molar-refractivity contribution in [2.75, 3.05) is 13.7 Å². The first-order valence-electron chi connectivity index (χ1n) is 7.02. The summed E-state index contributed by atoms with van der Waals surface area (Å²) in [6.07, 6.45) is 7.04. The molecular weight excluding hydrogens is 250 g/mol. The Kier molecular flexibility index (Phi) is 5.18. The van der Waals surface area contributed by atoms with Crippen molar-refractivity contribution in [3.8, 4) is 5.75 Å². The highest BCUT2D eigenvalue weighted by Gasteiger charge is 2.11. The highest BCUT2D eigenvalue weighted by atomic mass is 16.5. The lowest BCUT2D eigenvalue weighted by atomic mass is 9.93. The third kappa shape index (κ3) is 3.84. The van der Waals surface area contributed by atoms with Crippen LogP contribution in [0, 0.1) is 5.92 Å². The van der Waals surface area contributed by atoms with E-state index in [9.17, 15) is 0 Å². The molecule has 2 rings (SSSR count). The highest BCUT2D eigenvalue weighted by molar-refractivity contribution is 5.33. The zero-order valence-corrected chi connectivity index (χ0v) is 12.2. The molecule has 0 aliphatic heterocycles. The second kappa shape index (κ2) is 7.10. The van der Waals surface area contributed by atoms with Gasteiger partial charge in [-0.2, -0.15) is 5.10 Å². The molecule has 0 saturated carbocycles. The Morgan fingerprint density at radius 2 is 2.15 bits per heavy atom. The fourth-order valence-electron chi connectivity index (χ4n) is 2.46. The maximum atomic E-state index is 5.92. The number of para-hydroxylation sites is 1. The van der Waals surface area contributed by atoms with E-state index in [-0.39, 0.29) is 0 Å². The second-order valence-electron chi connectivity index (χ2n) is 5.18. The van der Waals surface area contributed by atoms with Gasteiger partial charge in [-0.25, -0.2) is 0 Å². The molecule has 20 heavy (non-hydrogen) atoms. The Hall–Kier alpha value is -1.81. The summed E-state index contributed by atoms with van der Waals surface area (Å²) in [7, 11) is 3.66. The Morgan fingerprint density at radius 1 is 1.35 bits per heavy atom. The van der Waals surface area contributed by atoms with Crippen LogP contribution >= 0.6 is 0 Å². The number of ether oxygens (including phenoxy) is 1. The number of hydrogen-bond acceptors (Lipinski definition) is 3. The van der Waals surface area contributed by atoms with Crippen molar-refractivity contribution in [2.24, 2.45) is 18.7 Å². The van der Waals surface area contributed by atoms with Gasteiger partial charge in [0.25, 0.3) is 0 Å². The van der Waals surface area contributed by atoms with Gasteiger partial charge >= 0.3 is 0 Å². The van der Waals surface area contributed by atoms with Gasteiger partial charge in [-0.3, -0.25) is 4.68 Å². The molecule has 0 aliphatic rings. The SMILES string of the molecule is COc1ccccc1CC(CN)CCc1cnn(C)c1. The van der Waals surface area contributed by atoms with Crippen molar-refractivity contribution >= 4 is 0 Å². The standard InChI is InChI=1S/C16H23N3O/c1-19-12-14(11-18-19)8-7-13(10-17)9-15-5-3-4-6-16(15)20-2/h3-6,11-13H,7-10,17H2,1-2H3. The quantitative estimate of drug-likeness (QED) is 0.841. The van der Waals surface area contributed by atoms with Crippen LogP contribution in [0.15, 0.2) is 36.7 Å². The van der Waals surface area contributed by atoms with Crippen LogP contribution in [0.4, 0.5) is 0 Å². The van der Waals surface area contributed by atoms with Gasteiger partial charge in [-0.05, 0) is 48.9 Å². The van der Waals surface area contributed by atoms with Crippen molar-refractivity contribution in [3.63, 3.8) is 0 Å². The van der Waals surface area contributed by atoms with Crippen molar-refractivity contribution in [1.29, 1.82) is 0 Å². The van der Waals surface area contributed by atoms with Crippen molar-refractivity contribution in [1.82, 2.24) is 9.78 Å². The Bertz CT molecular complexity index is 536. The van der Waals surface area contributed by atoms with Crippen molar-refractivity contribution < 1.29 is 4.74 Å². The van der Waals surface area contributed by atoms with Crippen LogP contribution < -0.4 is 10.5 Å². The van der Waals surface area contributed by atoms with E-state index < -0.39 is 0 Å². The lowest BCUT2D eigenvalue weighted by Crippen LogP contribution is -2.18. The molecule has 1 atom stereocenters. The second-order valence-corrected chi connectivity index (χ2v) is 5.18. The molecule has 0 saturated heterocycles. The van der Waals surface area contributed by atoms with Crippen LogP contribution in [0.1, 0.15) is 17.5 Å². The minimum absolute atomic E-state index is 0.464. The van der Waals surface area contributed by atoms with Crippen LogP contribution in [-0.2, 0) is 19.9 Å². The average Bonchev–Trinajstić information content (AvgIpc) is 2.89. The molecule has 2 aromatic rings. The summed E-state index contributed by atoms with van der Waals surface area (Å²) < 4.78 is 7.24. The Balaban J connectivity index is 1.94. The van der Waals surface area contributed by atoms with Crippen LogP contribution in [0.5, 0.6) is 5.75 Å². The largest absolute Gasteiger partial charge is 0.496 e. The molecular formula is C16H23N3O. The molecule has 4 nitrogen and oxygen atoms in total. The maximum absolute atomic E-state index is 5.92. The van der Waals surface area contributed by atoms with E-state index in [2.05, 4.69) is 17.4 Å². The van der Waals surface area contributed by atoms with E-state index in [1.807, 2.05) is 36.1 Å². The minimum Gasteiger partial charge on any atom is -0.496 e. The van der Waals surface area contributed by atoms with Gasteiger partial charge < -0.3 is 10.5 Å². The van der Waals surface area contributed by atoms with E-state index in [0.29, 0.717) is 12.5 Å². The molecule has 1 heterocycles. The first-order valence-corrected chi connectivity index (χ1v) is 7.02. The predicted octanol–water partition coefficient (Wildman–Crippen LogP) is 2.18. The number of hydrogen-bond donors (Lipinski definition) is 1. The van der Waals surface area contributed by atoms with Gasteiger partial charge in [0.1, 0.15) is 5.75 Å². The number of nitrogens with two attached hydrogens (primary N) is 1. The van der Waals surface area contributed by atoms with E-state index in [4.69, 9.17) is 10.5 Å². The summed E-state index contributed by atoms with van der Waals surface area (Å²) in [5.41, 5.74) is 8.42. The average molecular weight is 273 g/mol. The molecule has 108 valence electrons. The summed E-state index contributed by atoms with van der Waals surface area (Å²) >= 11 is 0. The first kappa shape index (κ1) is 14.6. The molecule has 1 aromatic carbocycles. The summed E-state index contributed by atoms with van der Waals surface area (Å²) in [5.74, 6) is 1.42. The molecule has 0 spiro atoms. The van der Waals surface area contributed by atoms with E-state index >= 15 is 0 Å². The van der Waals surface area contributed by atoms with Crippen LogP contribution in [0.2, 0.25) is 0 Å². The number of benzene rings is 1. The molecule has 1 aromatic heterocycles. The number of nitrogens with zero attached hydrogens (tertiary/aromatic N) is 2. The molecule has 0 radical (unpaired) electrons. The van der Waals surface area contributed by atoms with Crippen LogP contribution in [-0.4, -0.2) is 23.4 Å². The monoisotopic (exact) mass is 273 g/mol. The lowest BCUT2D eigenvalue weighted by Gasteiger charge is -2.16. The summed E-state index contributed by atoms with van der Waals surface area (Å²) in [6.45, 7) is 0.693. The fourth-order valence-corrected chi connectivity index (χ4v) is 2.46. The number of aryl methyl sites for hydroxylation is 2. The lowest BCUT2D eigenvalue weighted by molar-refractivity contribution is 0.401. The third-order valence-electron chi connectivity index (χ3n) is 3.63. The molecule has 0 amide bonds. The molecule has 0 bridgehead atoms. The van der Waals surface area contributed by atoms with Crippen molar-refractivity contribution in [3.05, 3.63) is 47.8 Å². The van der Waals surface area contributed by atoms with Gasteiger partial charge in [0.2, 0.25) is 0 Å². The summed E-state index contributed by atoms with van der Waals surface area (Å²) in [6, 6.07) is 8.16. The van der Waals surface area contributed by atoms with Crippen LogP contribution in [0.25, 0.3) is 0 Å². The molecule has 0 fully saturated rings. The zero-order chi connectivity index (χ0) is 14.4. The van der Waals surface area contributed by atoms with E-state index in [0.717, 1.165) is 25.0 Å². The van der Waals surface area contributed by atoms with Gasteiger partial charge in [0.15, 0.2) is 0 Å². The minimum atomic E-state index is 0.464. The molecule has 4 heteroatoms. The van der Waals surface area contributed by atoms with Gasteiger partial charge in [0, 0.05) is 13.2 Å². The Labute approximate surface area is 120 Å². The Morgan fingerprint density at radius 3 is 2.80 bits per heavy atom. The number of methoxy groups -OCH3 is 1. The van der Waals surface area contributed by atoms with Crippen molar-refractivity contribution in [2.45, 2.75) is 19.3 Å². The summed E-state index contributed by atoms with van der Waals surface area (Å²) in [4.78, 5) is 0. The third-order valence-corrected chi connectivity index (χ3v) is 3.63. The molecule has 2 N–H and O–H groups in total. The van der Waals surface area contributed by atoms with Gasteiger partial charge in [-0.15, -0.1) is 0 Å². The zero-order valence-electron chi connectivity index (χ0n) is 12.2. The molecule has 0 aliphatic carbocycles. The summed E-state index contributed by atoms with van der Waals surface area (Å²) in [5, 5.41) is 4.20.